The predicted octanol–water partition coefficient (Wildman–Crippen LogP) is 3.76. The maximum Gasteiger partial charge on any atom is 0.261 e. The number of nitrogens with one attached hydrogen (secondary N) is 1. The number of ether oxygens (including phenoxy) is 3. The lowest BCUT2D eigenvalue weighted by Crippen LogP contribution is -2.36. The predicted molar refractivity (Wildman–Crippen MR) is 115 cm³/mol. The molecular weight excluding hydrogens is 398 g/mol. The zero-order chi connectivity index (χ0) is 22.5. The quantitative estimate of drug-likeness (QED) is 0.587. The topological polar surface area (TPSA) is 95.7 Å². The van der Waals surface area contributed by atoms with Crippen LogP contribution in [0.5, 0.6) is 17.2 Å². The van der Waals surface area contributed by atoms with Crippen molar-refractivity contribution >= 4 is 5.91 Å². The Morgan fingerprint density at radius 2 is 1.87 bits per heavy atom. The summed E-state index contributed by atoms with van der Waals surface area (Å²) in [6, 6.07) is 9.31. The molecule has 0 radical (unpaired) electrons. The molecule has 0 bridgehead atoms. The first kappa shape index (κ1) is 22.1. The van der Waals surface area contributed by atoms with Crippen LogP contribution < -0.4 is 19.5 Å². The summed E-state index contributed by atoms with van der Waals surface area (Å²) in [5.74, 6) is 2.27. The number of nitrogens with zero attached hydrogens (tertiary/aromatic N) is 2. The van der Waals surface area contributed by atoms with Gasteiger partial charge in [0.05, 0.1) is 26.3 Å². The average molecular weight is 425 g/mol. The van der Waals surface area contributed by atoms with Gasteiger partial charge in [-0.1, -0.05) is 11.2 Å². The van der Waals surface area contributed by atoms with Gasteiger partial charge in [-0.05, 0) is 62.6 Å². The molecule has 0 spiro atoms. The fraction of sp³-hybridized carbons (Fsp3) is 0.348. The monoisotopic (exact) mass is 425 g/mol. The number of methoxy groups -OCH3 is 2. The smallest absolute Gasteiger partial charge is 0.261 e. The van der Waals surface area contributed by atoms with Crippen LogP contribution in [0.15, 0.2) is 34.9 Å². The molecule has 0 fully saturated rings. The molecule has 3 aromatic rings. The van der Waals surface area contributed by atoms with Crippen LogP contribution in [0.1, 0.15) is 29.5 Å². The second kappa shape index (κ2) is 9.51. The summed E-state index contributed by atoms with van der Waals surface area (Å²) in [6.45, 7) is 7.78. The van der Waals surface area contributed by atoms with Gasteiger partial charge >= 0.3 is 0 Å². The van der Waals surface area contributed by atoms with E-state index in [2.05, 4.69) is 21.5 Å². The molecule has 0 saturated heterocycles. The summed E-state index contributed by atoms with van der Waals surface area (Å²) < 4.78 is 21.7. The largest absolute Gasteiger partial charge is 0.497 e. The Labute approximate surface area is 181 Å². The molecule has 0 aliphatic rings. The van der Waals surface area contributed by atoms with Crippen LogP contribution in [-0.4, -0.2) is 36.4 Å². The fourth-order valence-corrected chi connectivity index (χ4v) is 3.09. The van der Waals surface area contributed by atoms with Gasteiger partial charge in [0.1, 0.15) is 17.2 Å². The Bertz CT molecular complexity index is 1080. The Kier molecular flexibility index (Phi) is 6.79. The van der Waals surface area contributed by atoms with Crippen molar-refractivity contribution in [1.82, 2.24) is 15.5 Å². The molecule has 1 N–H and O–H groups in total. The summed E-state index contributed by atoms with van der Waals surface area (Å²) in [6.07, 6.45) is -0.677. The van der Waals surface area contributed by atoms with E-state index in [1.165, 1.54) is 0 Å². The SMILES string of the molecule is COc1ccc(-c2noc(CNC(=O)[C@@H](C)Oc3cc(C)cc(C)c3C)n2)c(OC)c1. The van der Waals surface area contributed by atoms with Gasteiger partial charge in [0.15, 0.2) is 6.10 Å². The highest BCUT2D eigenvalue weighted by Gasteiger charge is 2.19. The number of carbonyl (C=O) groups is 1. The molecule has 164 valence electrons. The number of aromatic nitrogens is 2. The van der Waals surface area contributed by atoms with E-state index < -0.39 is 6.10 Å². The summed E-state index contributed by atoms with van der Waals surface area (Å²) >= 11 is 0. The van der Waals surface area contributed by atoms with Crippen LogP contribution in [0.4, 0.5) is 0 Å². The van der Waals surface area contributed by atoms with Crippen molar-refractivity contribution in [2.24, 2.45) is 0 Å². The van der Waals surface area contributed by atoms with Gasteiger partial charge in [-0.3, -0.25) is 4.79 Å². The molecule has 1 atom stereocenters. The number of amides is 1. The standard InChI is InChI=1S/C23H27N3O5/c1-13-9-14(2)15(3)19(10-13)30-16(4)23(27)24-12-21-25-22(26-31-21)18-8-7-17(28-5)11-20(18)29-6/h7-11,16H,12H2,1-6H3,(H,24,27)/t16-/m1/s1. The minimum atomic E-state index is -0.677. The third-order valence-corrected chi connectivity index (χ3v) is 4.97. The summed E-state index contributed by atoms with van der Waals surface area (Å²) in [5, 5.41) is 6.75. The van der Waals surface area contributed by atoms with Crippen LogP contribution in [0, 0.1) is 20.8 Å². The third-order valence-electron chi connectivity index (χ3n) is 4.97. The van der Waals surface area contributed by atoms with Crippen LogP contribution in [0.2, 0.25) is 0 Å². The van der Waals surface area contributed by atoms with Crippen molar-refractivity contribution in [1.29, 1.82) is 0 Å². The Balaban J connectivity index is 1.63. The molecule has 8 nitrogen and oxygen atoms in total. The van der Waals surface area contributed by atoms with E-state index in [0.29, 0.717) is 28.6 Å². The lowest BCUT2D eigenvalue weighted by molar-refractivity contribution is -0.127. The van der Waals surface area contributed by atoms with Crippen molar-refractivity contribution < 1.29 is 23.5 Å². The van der Waals surface area contributed by atoms with Gasteiger partial charge in [0.2, 0.25) is 11.7 Å². The second-order valence-electron chi connectivity index (χ2n) is 7.26. The highest BCUT2D eigenvalue weighted by atomic mass is 16.5. The number of rotatable bonds is 8. The summed E-state index contributed by atoms with van der Waals surface area (Å²) in [4.78, 5) is 16.8. The third kappa shape index (κ3) is 5.14. The average Bonchev–Trinajstić information content (AvgIpc) is 3.23. The van der Waals surface area contributed by atoms with Crippen molar-refractivity contribution in [3.05, 3.63) is 52.9 Å². The van der Waals surface area contributed by atoms with E-state index >= 15 is 0 Å². The van der Waals surface area contributed by atoms with Gasteiger partial charge in [0.25, 0.3) is 5.91 Å². The molecule has 3 rings (SSSR count). The van der Waals surface area contributed by atoms with Crippen LogP contribution >= 0.6 is 0 Å². The molecule has 0 unspecified atom stereocenters. The molecule has 8 heteroatoms. The van der Waals surface area contributed by atoms with Crippen molar-refractivity contribution in [3.8, 4) is 28.6 Å². The van der Waals surface area contributed by atoms with Gasteiger partial charge in [-0.15, -0.1) is 0 Å². The first-order valence-corrected chi connectivity index (χ1v) is 9.89. The van der Waals surface area contributed by atoms with E-state index in [1.54, 1.807) is 39.3 Å². The fourth-order valence-electron chi connectivity index (χ4n) is 3.09. The first-order chi connectivity index (χ1) is 14.8. The van der Waals surface area contributed by atoms with Gasteiger partial charge in [0, 0.05) is 6.07 Å². The summed E-state index contributed by atoms with van der Waals surface area (Å²) in [5.41, 5.74) is 3.87. The zero-order valence-corrected chi connectivity index (χ0v) is 18.6. The molecule has 1 aromatic heterocycles. The van der Waals surface area contributed by atoms with Gasteiger partial charge in [-0.2, -0.15) is 4.98 Å². The van der Waals surface area contributed by atoms with Gasteiger partial charge in [-0.25, -0.2) is 0 Å². The number of carbonyl (C=O) groups excluding carboxylic acids is 1. The molecule has 2 aromatic carbocycles. The lowest BCUT2D eigenvalue weighted by Gasteiger charge is -2.17. The molecule has 1 heterocycles. The second-order valence-corrected chi connectivity index (χ2v) is 7.26. The molecule has 0 aliphatic carbocycles. The molecular formula is C23H27N3O5. The minimum absolute atomic E-state index is 0.0871. The highest BCUT2D eigenvalue weighted by molar-refractivity contribution is 5.80. The Hall–Kier alpha value is -3.55. The van der Waals surface area contributed by atoms with Gasteiger partial charge < -0.3 is 24.1 Å². The highest BCUT2D eigenvalue weighted by Crippen LogP contribution is 2.31. The Morgan fingerprint density at radius 1 is 1.10 bits per heavy atom. The number of hydrogen-bond donors (Lipinski definition) is 1. The number of aryl methyl sites for hydroxylation is 2. The van der Waals surface area contributed by atoms with E-state index in [-0.39, 0.29) is 18.3 Å². The van der Waals surface area contributed by atoms with Crippen molar-refractivity contribution in [3.63, 3.8) is 0 Å². The minimum Gasteiger partial charge on any atom is -0.497 e. The molecule has 0 saturated carbocycles. The maximum absolute atomic E-state index is 12.5. The van der Waals surface area contributed by atoms with Crippen LogP contribution in [0.25, 0.3) is 11.4 Å². The van der Waals surface area contributed by atoms with E-state index in [9.17, 15) is 4.79 Å². The van der Waals surface area contributed by atoms with Crippen LogP contribution in [-0.2, 0) is 11.3 Å². The molecule has 1 amide bonds. The van der Waals surface area contributed by atoms with Crippen molar-refractivity contribution in [2.45, 2.75) is 40.3 Å². The van der Waals surface area contributed by atoms with Crippen molar-refractivity contribution in [2.75, 3.05) is 14.2 Å². The lowest BCUT2D eigenvalue weighted by atomic mass is 10.1. The number of benzene rings is 2. The maximum atomic E-state index is 12.5. The summed E-state index contributed by atoms with van der Waals surface area (Å²) in [7, 11) is 3.13. The number of hydrogen-bond acceptors (Lipinski definition) is 7. The Morgan fingerprint density at radius 3 is 2.58 bits per heavy atom. The first-order valence-electron chi connectivity index (χ1n) is 9.89. The van der Waals surface area contributed by atoms with E-state index in [0.717, 1.165) is 16.7 Å². The van der Waals surface area contributed by atoms with Crippen LogP contribution in [0.3, 0.4) is 0 Å². The zero-order valence-electron chi connectivity index (χ0n) is 18.6. The normalized spacial score (nSPS) is 11.7. The van der Waals surface area contributed by atoms with E-state index in [4.69, 9.17) is 18.7 Å². The molecule has 0 aliphatic heterocycles. The van der Waals surface area contributed by atoms with E-state index in [1.807, 2.05) is 26.8 Å². The molecule has 31 heavy (non-hydrogen) atoms.